The molecule has 0 saturated heterocycles. The van der Waals surface area contributed by atoms with Gasteiger partial charge in [0.25, 0.3) is 0 Å². The summed E-state index contributed by atoms with van der Waals surface area (Å²) in [6.45, 7) is 7.08. The van der Waals surface area contributed by atoms with Crippen LogP contribution in [0.15, 0.2) is 78.9 Å². The number of nitrogens with one attached hydrogen (secondary N) is 1. The molecule has 1 N–H and O–H groups in total. The summed E-state index contributed by atoms with van der Waals surface area (Å²) >= 11 is 0. The number of nitrogens with zero attached hydrogens (tertiary/aromatic N) is 1. The highest BCUT2D eigenvalue weighted by Gasteiger charge is 2.30. The van der Waals surface area contributed by atoms with E-state index in [0.29, 0.717) is 19.5 Å². The Kier molecular flexibility index (Phi) is 8.82. The van der Waals surface area contributed by atoms with Crippen molar-refractivity contribution in [2.75, 3.05) is 6.54 Å². The number of carbonyl (C=O) groups excluding carboxylic acids is 2. The molecule has 0 bridgehead atoms. The van der Waals surface area contributed by atoms with Gasteiger partial charge in [-0.1, -0.05) is 91.3 Å². The molecule has 0 radical (unpaired) electrons. The van der Waals surface area contributed by atoms with E-state index in [9.17, 15) is 9.59 Å². The summed E-state index contributed by atoms with van der Waals surface area (Å²) in [6, 6.07) is 25.4. The summed E-state index contributed by atoms with van der Waals surface area (Å²) in [6.07, 6.45) is 1.58. The van der Waals surface area contributed by atoms with Crippen LogP contribution in [0, 0.1) is 13.8 Å². The van der Waals surface area contributed by atoms with Crippen molar-refractivity contribution in [3.05, 3.63) is 107 Å². The third kappa shape index (κ3) is 7.04. The Morgan fingerprint density at radius 3 is 2.27 bits per heavy atom. The van der Waals surface area contributed by atoms with Crippen molar-refractivity contribution >= 4 is 11.8 Å². The van der Waals surface area contributed by atoms with Gasteiger partial charge < -0.3 is 10.2 Å². The van der Waals surface area contributed by atoms with Crippen LogP contribution >= 0.6 is 0 Å². The number of benzene rings is 3. The standard InChI is InChI=1S/C29H34N2O2/c1-4-17-30-29(33)27(19-24-13-6-5-7-14-24)31(21-26-16-9-8-12-23(26)3)28(32)20-25-15-10-11-22(2)18-25/h5-16,18,27H,4,17,19-21H2,1-3H3,(H,30,33)/t27-/m1/s1. The fourth-order valence-electron chi connectivity index (χ4n) is 3.99. The van der Waals surface area contributed by atoms with Crippen molar-refractivity contribution in [3.63, 3.8) is 0 Å². The lowest BCUT2D eigenvalue weighted by Gasteiger charge is -2.32. The lowest BCUT2D eigenvalue weighted by molar-refractivity contribution is -0.140. The average molecular weight is 443 g/mol. The van der Waals surface area contributed by atoms with Crippen molar-refractivity contribution in [2.24, 2.45) is 0 Å². The minimum Gasteiger partial charge on any atom is -0.354 e. The molecule has 0 spiro atoms. The third-order valence-electron chi connectivity index (χ3n) is 5.86. The second kappa shape index (κ2) is 12.0. The molecule has 0 aliphatic heterocycles. The Bertz CT molecular complexity index is 1060. The molecule has 2 amide bonds. The van der Waals surface area contributed by atoms with Gasteiger partial charge in [0.1, 0.15) is 6.04 Å². The Balaban J connectivity index is 1.96. The predicted molar refractivity (Wildman–Crippen MR) is 134 cm³/mol. The summed E-state index contributed by atoms with van der Waals surface area (Å²) in [5, 5.41) is 3.03. The van der Waals surface area contributed by atoms with Gasteiger partial charge in [0.05, 0.1) is 6.42 Å². The van der Waals surface area contributed by atoms with E-state index in [-0.39, 0.29) is 18.2 Å². The van der Waals surface area contributed by atoms with Gasteiger partial charge in [0.2, 0.25) is 11.8 Å². The Labute approximate surface area is 197 Å². The molecule has 3 aromatic rings. The summed E-state index contributed by atoms with van der Waals surface area (Å²) in [5.74, 6) is -0.150. The SMILES string of the molecule is CCCNC(=O)[C@@H](Cc1ccccc1)N(Cc1ccccc1C)C(=O)Cc1cccc(C)c1. The molecule has 3 rings (SSSR count). The summed E-state index contributed by atoms with van der Waals surface area (Å²) < 4.78 is 0. The summed E-state index contributed by atoms with van der Waals surface area (Å²) in [4.78, 5) is 28.8. The smallest absolute Gasteiger partial charge is 0.243 e. The van der Waals surface area contributed by atoms with Crippen molar-refractivity contribution < 1.29 is 9.59 Å². The topological polar surface area (TPSA) is 49.4 Å². The Morgan fingerprint density at radius 2 is 1.58 bits per heavy atom. The minimum absolute atomic E-state index is 0.0450. The van der Waals surface area contributed by atoms with Gasteiger partial charge in [0, 0.05) is 19.5 Å². The molecule has 0 aliphatic carbocycles. The highest BCUT2D eigenvalue weighted by Crippen LogP contribution is 2.18. The molecule has 0 heterocycles. The summed E-state index contributed by atoms with van der Waals surface area (Å²) in [7, 11) is 0. The van der Waals surface area contributed by atoms with Crippen LogP contribution in [0.5, 0.6) is 0 Å². The normalized spacial score (nSPS) is 11.6. The molecule has 4 heteroatoms. The molecular weight excluding hydrogens is 408 g/mol. The molecule has 0 unspecified atom stereocenters. The van der Waals surface area contributed by atoms with Crippen LogP contribution in [-0.2, 0) is 29.0 Å². The zero-order valence-electron chi connectivity index (χ0n) is 19.9. The van der Waals surface area contributed by atoms with E-state index >= 15 is 0 Å². The van der Waals surface area contributed by atoms with E-state index in [4.69, 9.17) is 0 Å². The molecule has 0 aliphatic rings. The fraction of sp³-hybridized carbons (Fsp3) is 0.310. The summed E-state index contributed by atoms with van der Waals surface area (Å²) in [5.41, 5.74) is 5.27. The van der Waals surface area contributed by atoms with Crippen molar-refractivity contribution in [1.82, 2.24) is 10.2 Å². The second-order valence-electron chi connectivity index (χ2n) is 8.61. The van der Waals surface area contributed by atoms with Crippen LogP contribution in [0.3, 0.4) is 0 Å². The number of aryl methyl sites for hydroxylation is 2. The first-order chi connectivity index (χ1) is 16.0. The van der Waals surface area contributed by atoms with Crippen molar-refractivity contribution in [1.29, 1.82) is 0 Å². The predicted octanol–water partition coefficient (Wildman–Crippen LogP) is 5.01. The zero-order valence-corrected chi connectivity index (χ0v) is 19.9. The van der Waals surface area contributed by atoms with Crippen molar-refractivity contribution in [2.45, 2.75) is 52.6 Å². The first-order valence-corrected chi connectivity index (χ1v) is 11.7. The molecule has 1 atom stereocenters. The van der Waals surface area contributed by atoms with Crippen LogP contribution in [0.25, 0.3) is 0 Å². The zero-order chi connectivity index (χ0) is 23.6. The van der Waals surface area contributed by atoms with Gasteiger partial charge in [-0.3, -0.25) is 9.59 Å². The van der Waals surface area contributed by atoms with Crippen LogP contribution < -0.4 is 5.32 Å². The van der Waals surface area contributed by atoms with Gasteiger partial charge in [-0.15, -0.1) is 0 Å². The van der Waals surface area contributed by atoms with E-state index < -0.39 is 6.04 Å². The lowest BCUT2D eigenvalue weighted by Crippen LogP contribution is -2.51. The molecular formula is C29H34N2O2. The third-order valence-corrected chi connectivity index (χ3v) is 5.86. The van der Waals surface area contributed by atoms with Gasteiger partial charge >= 0.3 is 0 Å². The number of rotatable bonds is 10. The molecule has 33 heavy (non-hydrogen) atoms. The molecule has 3 aromatic carbocycles. The highest BCUT2D eigenvalue weighted by molar-refractivity contribution is 5.88. The van der Waals surface area contributed by atoms with E-state index in [0.717, 1.165) is 34.2 Å². The maximum atomic E-state index is 13.7. The van der Waals surface area contributed by atoms with Crippen LogP contribution in [-0.4, -0.2) is 29.3 Å². The molecule has 0 fully saturated rings. The Hall–Kier alpha value is -3.40. The van der Waals surface area contributed by atoms with Crippen LogP contribution in [0.4, 0.5) is 0 Å². The quantitative estimate of drug-likeness (QED) is 0.480. The lowest BCUT2D eigenvalue weighted by atomic mass is 10.00. The molecule has 0 aromatic heterocycles. The molecule has 4 nitrogen and oxygen atoms in total. The first-order valence-electron chi connectivity index (χ1n) is 11.7. The Morgan fingerprint density at radius 1 is 0.879 bits per heavy atom. The number of hydrogen-bond donors (Lipinski definition) is 1. The van der Waals surface area contributed by atoms with E-state index in [1.807, 2.05) is 99.6 Å². The van der Waals surface area contributed by atoms with Crippen LogP contribution in [0.1, 0.15) is 41.2 Å². The van der Waals surface area contributed by atoms with Gasteiger partial charge in [-0.25, -0.2) is 0 Å². The van der Waals surface area contributed by atoms with Crippen LogP contribution in [0.2, 0.25) is 0 Å². The van der Waals surface area contributed by atoms with E-state index in [2.05, 4.69) is 5.32 Å². The number of amides is 2. The monoisotopic (exact) mass is 442 g/mol. The average Bonchev–Trinajstić information content (AvgIpc) is 2.81. The fourth-order valence-corrected chi connectivity index (χ4v) is 3.99. The molecule has 172 valence electrons. The number of carbonyl (C=O) groups is 2. The maximum absolute atomic E-state index is 13.7. The second-order valence-corrected chi connectivity index (χ2v) is 8.61. The van der Waals surface area contributed by atoms with Crippen molar-refractivity contribution in [3.8, 4) is 0 Å². The largest absolute Gasteiger partial charge is 0.354 e. The minimum atomic E-state index is -0.587. The first kappa shape index (κ1) is 24.2. The number of hydrogen-bond acceptors (Lipinski definition) is 2. The van der Waals surface area contributed by atoms with Gasteiger partial charge in [0.15, 0.2) is 0 Å². The maximum Gasteiger partial charge on any atom is 0.243 e. The molecule has 0 saturated carbocycles. The highest BCUT2D eigenvalue weighted by atomic mass is 16.2. The van der Waals surface area contributed by atoms with E-state index in [1.165, 1.54) is 0 Å². The van der Waals surface area contributed by atoms with E-state index in [1.54, 1.807) is 4.90 Å². The van der Waals surface area contributed by atoms with Gasteiger partial charge in [-0.05, 0) is 42.5 Å². The van der Waals surface area contributed by atoms with Gasteiger partial charge in [-0.2, -0.15) is 0 Å².